The van der Waals surface area contributed by atoms with Crippen LogP contribution in [-0.4, -0.2) is 57.4 Å². The summed E-state index contributed by atoms with van der Waals surface area (Å²) < 4.78 is 1.89. The summed E-state index contributed by atoms with van der Waals surface area (Å²) in [6, 6.07) is 13.4. The zero-order valence-corrected chi connectivity index (χ0v) is 15.1. The highest BCUT2D eigenvalue weighted by molar-refractivity contribution is 5.94. The molecular formula is C20H23N5O. The first-order valence-corrected chi connectivity index (χ1v) is 8.56. The Morgan fingerprint density at radius 3 is 2.65 bits per heavy atom. The van der Waals surface area contributed by atoms with Crippen molar-refractivity contribution in [2.24, 2.45) is 0 Å². The molecule has 0 radical (unpaired) electrons. The van der Waals surface area contributed by atoms with Crippen LogP contribution in [0.25, 0.3) is 5.69 Å². The van der Waals surface area contributed by atoms with Gasteiger partial charge in [0.25, 0.3) is 5.91 Å². The van der Waals surface area contributed by atoms with Crippen molar-refractivity contribution in [3.8, 4) is 5.69 Å². The van der Waals surface area contributed by atoms with Gasteiger partial charge in [0.1, 0.15) is 0 Å². The van der Waals surface area contributed by atoms with Crippen LogP contribution in [0.4, 0.5) is 0 Å². The fraction of sp³-hybridized carbons (Fsp3) is 0.250. The molecule has 3 aromatic rings. The van der Waals surface area contributed by atoms with Gasteiger partial charge in [-0.15, -0.1) is 0 Å². The van der Waals surface area contributed by atoms with Crippen LogP contribution in [0.5, 0.6) is 0 Å². The quantitative estimate of drug-likeness (QED) is 0.658. The van der Waals surface area contributed by atoms with E-state index in [1.165, 1.54) is 0 Å². The number of hydrogen-bond acceptors (Lipinski definition) is 4. The molecule has 0 saturated carbocycles. The normalized spacial score (nSPS) is 10.9. The van der Waals surface area contributed by atoms with Crippen molar-refractivity contribution in [1.82, 2.24) is 24.3 Å². The highest BCUT2D eigenvalue weighted by Crippen LogP contribution is 2.14. The van der Waals surface area contributed by atoms with Gasteiger partial charge in [-0.1, -0.05) is 12.1 Å². The van der Waals surface area contributed by atoms with Crippen LogP contribution in [0.2, 0.25) is 0 Å². The molecule has 0 aliphatic carbocycles. The second kappa shape index (κ2) is 8.40. The number of benzene rings is 1. The van der Waals surface area contributed by atoms with E-state index in [1.807, 2.05) is 72.2 Å². The van der Waals surface area contributed by atoms with Gasteiger partial charge >= 0.3 is 0 Å². The molecular weight excluding hydrogens is 326 g/mol. The number of carbonyl (C=O) groups is 1. The molecule has 2 heterocycles. The lowest BCUT2D eigenvalue weighted by Crippen LogP contribution is -2.36. The molecule has 6 nitrogen and oxygen atoms in total. The summed E-state index contributed by atoms with van der Waals surface area (Å²) in [7, 11) is 4.01. The number of nitrogens with zero attached hydrogens (tertiary/aromatic N) is 5. The van der Waals surface area contributed by atoms with Crippen molar-refractivity contribution in [2.45, 2.75) is 6.54 Å². The lowest BCUT2D eigenvalue weighted by atomic mass is 10.1. The highest BCUT2D eigenvalue weighted by Gasteiger charge is 2.17. The van der Waals surface area contributed by atoms with Gasteiger partial charge < -0.3 is 14.4 Å². The van der Waals surface area contributed by atoms with Crippen molar-refractivity contribution >= 4 is 5.91 Å². The molecule has 0 aliphatic rings. The summed E-state index contributed by atoms with van der Waals surface area (Å²) in [6.45, 7) is 1.92. The molecule has 2 aromatic heterocycles. The van der Waals surface area contributed by atoms with Crippen molar-refractivity contribution in [2.75, 3.05) is 27.2 Å². The summed E-state index contributed by atoms with van der Waals surface area (Å²) in [5.41, 5.74) is 2.45. The Labute approximate surface area is 153 Å². The molecule has 6 heteroatoms. The Kier molecular flexibility index (Phi) is 5.76. The third-order valence-electron chi connectivity index (χ3n) is 4.08. The van der Waals surface area contributed by atoms with E-state index < -0.39 is 0 Å². The molecule has 3 rings (SSSR count). The third-order valence-corrected chi connectivity index (χ3v) is 4.08. The number of hydrogen-bond donors (Lipinski definition) is 0. The molecule has 26 heavy (non-hydrogen) atoms. The second-order valence-electron chi connectivity index (χ2n) is 6.37. The van der Waals surface area contributed by atoms with E-state index in [-0.39, 0.29) is 5.91 Å². The van der Waals surface area contributed by atoms with Crippen LogP contribution in [0, 0.1) is 0 Å². The molecule has 0 atom stereocenters. The topological polar surface area (TPSA) is 54.3 Å². The lowest BCUT2D eigenvalue weighted by Gasteiger charge is -2.24. The van der Waals surface area contributed by atoms with Crippen LogP contribution >= 0.6 is 0 Å². The SMILES string of the molecule is CN(C)CCN(Cc1ccccn1)C(=O)c1cccc(-n2ccnc2)c1. The molecule has 0 saturated heterocycles. The van der Waals surface area contributed by atoms with Gasteiger partial charge in [0.2, 0.25) is 0 Å². The van der Waals surface area contributed by atoms with Crippen LogP contribution in [0.15, 0.2) is 67.4 Å². The number of imidazole rings is 1. The smallest absolute Gasteiger partial charge is 0.254 e. The van der Waals surface area contributed by atoms with E-state index in [1.54, 1.807) is 18.7 Å². The van der Waals surface area contributed by atoms with Crippen LogP contribution in [0.3, 0.4) is 0 Å². The molecule has 0 spiro atoms. The Balaban J connectivity index is 1.83. The number of aromatic nitrogens is 3. The Bertz CT molecular complexity index is 830. The lowest BCUT2D eigenvalue weighted by molar-refractivity contribution is 0.0730. The van der Waals surface area contributed by atoms with E-state index in [0.29, 0.717) is 18.7 Å². The van der Waals surface area contributed by atoms with Gasteiger partial charge in [-0.05, 0) is 44.4 Å². The molecule has 0 N–H and O–H groups in total. The van der Waals surface area contributed by atoms with Crippen molar-refractivity contribution in [3.05, 3.63) is 78.6 Å². The van der Waals surface area contributed by atoms with E-state index in [2.05, 4.69) is 14.9 Å². The fourth-order valence-electron chi connectivity index (χ4n) is 2.65. The fourth-order valence-corrected chi connectivity index (χ4v) is 2.65. The zero-order chi connectivity index (χ0) is 18.4. The molecule has 0 fully saturated rings. The average molecular weight is 349 g/mol. The van der Waals surface area contributed by atoms with E-state index in [9.17, 15) is 4.79 Å². The first-order valence-electron chi connectivity index (χ1n) is 8.56. The van der Waals surface area contributed by atoms with E-state index >= 15 is 0 Å². The number of amides is 1. The predicted molar refractivity (Wildman–Crippen MR) is 101 cm³/mol. The first-order chi connectivity index (χ1) is 12.6. The van der Waals surface area contributed by atoms with Crippen LogP contribution in [-0.2, 0) is 6.54 Å². The minimum atomic E-state index is -0.000492. The predicted octanol–water partition coefficient (Wildman–Crippen LogP) is 2.47. The molecule has 0 unspecified atom stereocenters. The molecule has 1 aromatic carbocycles. The summed E-state index contributed by atoms with van der Waals surface area (Å²) >= 11 is 0. The summed E-state index contributed by atoms with van der Waals surface area (Å²) in [5.74, 6) is -0.000492. The van der Waals surface area contributed by atoms with Gasteiger partial charge in [-0.3, -0.25) is 9.78 Å². The first kappa shape index (κ1) is 17.8. The second-order valence-corrected chi connectivity index (χ2v) is 6.37. The monoisotopic (exact) mass is 349 g/mol. The summed E-state index contributed by atoms with van der Waals surface area (Å²) in [6.07, 6.45) is 7.06. The van der Waals surface area contributed by atoms with Gasteiger partial charge in [0.05, 0.1) is 18.6 Å². The minimum Gasteiger partial charge on any atom is -0.331 e. The van der Waals surface area contributed by atoms with E-state index in [0.717, 1.165) is 17.9 Å². The third kappa shape index (κ3) is 4.55. The maximum Gasteiger partial charge on any atom is 0.254 e. The molecule has 1 amide bonds. The minimum absolute atomic E-state index is 0.000492. The maximum atomic E-state index is 13.1. The molecule has 0 aliphatic heterocycles. The molecule has 0 bridgehead atoms. The zero-order valence-electron chi connectivity index (χ0n) is 15.1. The molecule has 134 valence electrons. The number of likely N-dealkylation sites (N-methyl/N-ethyl adjacent to an activating group) is 1. The van der Waals surface area contributed by atoms with Gasteiger partial charge in [-0.2, -0.15) is 0 Å². The van der Waals surface area contributed by atoms with Crippen molar-refractivity contribution in [3.63, 3.8) is 0 Å². The Morgan fingerprint density at radius 2 is 1.96 bits per heavy atom. The largest absolute Gasteiger partial charge is 0.331 e. The highest BCUT2D eigenvalue weighted by atomic mass is 16.2. The van der Waals surface area contributed by atoms with Crippen LogP contribution < -0.4 is 0 Å². The number of carbonyl (C=O) groups excluding carboxylic acids is 1. The summed E-state index contributed by atoms with van der Waals surface area (Å²) in [5, 5.41) is 0. The standard InChI is InChI=1S/C20H23N5O/c1-23(2)12-13-24(15-18-7-3-4-9-22-18)20(26)17-6-5-8-19(14-17)25-11-10-21-16-25/h3-11,14,16H,12-13,15H2,1-2H3. The Morgan fingerprint density at radius 1 is 1.08 bits per heavy atom. The van der Waals surface area contributed by atoms with Gasteiger partial charge in [-0.25, -0.2) is 4.98 Å². The number of rotatable bonds is 7. The van der Waals surface area contributed by atoms with E-state index in [4.69, 9.17) is 0 Å². The average Bonchev–Trinajstić information content (AvgIpc) is 3.20. The van der Waals surface area contributed by atoms with Gasteiger partial charge in [0.15, 0.2) is 0 Å². The summed E-state index contributed by atoms with van der Waals surface area (Å²) in [4.78, 5) is 25.5. The maximum absolute atomic E-state index is 13.1. The number of pyridine rings is 1. The van der Waals surface area contributed by atoms with Gasteiger partial charge in [0, 0.05) is 42.9 Å². The van der Waals surface area contributed by atoms with Crippen molar-refractivity contribution < 1.29 is 4.79 Å². The van der Waals surface area contributed by atoms with Crippen LogP contribution in [0.1, 0.15) is 16.1 Å². The Hall–Kier alpha value is -2.99. The van der Waals surface area contributed by atoms with Crippen molar-refractivity contribution in [1.29, 1.82) is 0 Å².